The third-order valence-corrected chi connectivity index (χ3v) is 5.02. The molecule has 1 fully saturated rings. The van der Waals surface area contributed by atoms with Gasteiger partial charge in [-0.15, -0.1) is 0 Å². The van der Waals surface area contributed by atoms with Gasteiger partial charge in [0.1, 0.15) is 15.7 Å². The van der Waals surface area contributed by atoms with Crippen LogP contribution in [0, 0.1) is 5.82 Å². The maximum absolute atomic E-state index is 13.8. The Morgan fingerprint density at radius 3 is 2.75 bits per heavy atom. The number of sulfone groups is 1. The first kappa shape index (κ1) is 18.7. The minimum absolute atomic E-state index is 0.0109. The Labute approximate surface area is 143 Å². The molecule has 5 nitrogen and oxygen atoms in total. The van der Waals surface area contributed by atoms with E-state index in [2.05, 4.69) is 15.6 Å². The Bertz CT molecular complexity index is 691. The zero-order chi connectivity index (χ0) is 17.7. The molecule has 2 rings (SSSR count). The predicted octanol–water partition coefficient (Wildman–Crippen LogP) is 2.06. The molecule has 0 bridgehead atoms. The fourth-order valence-corrected chi connectivity index (χ4v) is 3.42. The number of guanidine groups is 1. The van der Waals surface area contributed by atoms with Crippen LogP contribution < -0.4 is 10.6 Å². The number of rotatable bonds is 7. The molecule has 134 valence electrons. The summed E-state index contributed by atoms with van der Waals surface area (Å²) in [5.74, 6) is 0.779. The van der Waals surface area contributed by atoms with Crippen molar-refractivity contribution in [2.45, 2.75) is 44.7 Å². The van der Waals surface area contributed by atoms with E-state index in [9.17, 15) is 12.8 Å². The van der Waals surface area contributed by atoms with Crippen LogP contribution >= 0.6 is 0 Å². The summed E-state index contributed by atoms with van der Waals surface area (Å²) in [5.41, 5.74) is 0.732. The van der Waals surface area contributed by atoms with Crippen molar-refractivity contribution in [3.8, 4) is 0 Å². The first-order valence-corrected chi connectivity index (χ1v) is 10.4. The smallest absolute Gasteiger partial charge is 0.191 e. The second kappa shape index (κ2) is 7.96. The summed E-state index contributed by atoms with van der Waals surface area (Å²) in [7, 11) is -2.97. The summed E-state index contributed by atoms with van der Waals surface area (Å²) >= 11 is 0. The lowest BCUT2D eigenvalue weighted by atomic mass is 10.1. The highest BCUT2D eigenvalue weighted by atomic mass is 32.2. The van der Waals surface area contributed by atoms with Gasteiger partial charge in [0.25, 0.3) is 0 Å². The van der Waals surface area contributed by atoms with Gasteiger partial charge in [-0.3, -0.25) is 4.99 Å². The molecule has 0 aromatic heterocycles. The molecule has 1 aromatic carbocycles. The number of nitrogens with zero attached hydrogens (tertiary/aromatic N) is 1. The first-order chi connectivity index (χ1) is 11.3. The maximum atomic E-state index is 13.8. The third-order valence-electron chi connectivity index (χ3n) is 4.04. The van der Waals surface area contributed by atoms with Gasteiger partial charge in [0.15, 0.2) is 5.96 Å². The SMILES string of the molecule is CCN=C(NC(C)CCS(C)(=O)=O)NC1CC1c1ccccc1F. The molecule has 0 aliphatic heterocycles. The molecule has 3 atom stereocenters. The lowest BCUT2D eigenvalue weighted by Gasteiger charge is -2.18. The van der Waals surface area contributed by atoms with Crippen molar-refractivity contribution in [2.24, 2.45) is 4.99 Å². The lowest BCUT2D eigenvalue weighted by molar-refractivity contribution is 0.580. The number of hydrogen-bond donors (Lipinski definition) is 2. The predicted molar refractivity (Wildman–Crippen MR) is 95.6 cm³/mol. The van der Waals surface area contributed by atoms with E-state index in [0.29, 0.717) is 18.9 Å². The normalized spacial score (nSPS) is 22.1. The second-order valence-electron chi connectivity index (χ2n) is 6.40. The lowest BCUT2D eigenvalue weighted by Crippen LogP contribution is -2.44. The van der Waals surface area contributed by atoms with Gasteiger partial charge in [-0.25, -0.2) is 12.8 Å². The molecule has 1 aliphatic rings. The number of halogens is 1. The minimum atomic E-state index is -2.97. The average molecular weight is 355 g/mol. The summed E-state index contributed by atoms with van der Waals surface area (Å²) in [6, 6.07) is 6.99. The standard InChI is InChI=1S/C17H26FN3O2S/c1-4-19-17(20-12(2)9-10-24(3,22)23)21-16-11-14(16)13-7-5-6-8-15(13)18/h5-8,12,14,16H,4,9-11H2,1-3H3,(H2,19,20,21). The fourth-order valence-electron chi connectivity index (χ4n) is 2.64. The molecular weight excluding hydrogens is 329 g/mol. The summed E-state index contributed by atoms with van der Waals surface area (Å²) < 4.78 is 36.3. The third kappa shape index (κ3) is 5.78. The van der Waals surface area contributed by atoms with E-state index < -0.39 is 9.84 Å². The van der Waals surface area contributed by atoms with Crippen LogP contribution in [0.1, 0.15) is 38.2 Å². The summed E-state index contributed by atoms with van der Waals surface area (Å²) in [6.07, 6.45) is 2.62. The van der Waals surface area contributed by atoms with E-state index in [1.165, 1.54) is 12.3 Å². The van der Waals surface area contributed by atoms with Crippen LogP contribution in [-0.2, 0) is 9.84 Å². The van der Waals surface area contributed by atoms with Gasteiger partial charge >= 0.3 is 0 Å². The fraction of sp³-hybridized carbons (Fsp3) is 0.588. The highest BCUT2D eigenvalue weighted by Crippen LogP contribution is 2.41. The van der Waals surface area contributed by atoms with E-state index in [1.54, 1.807) is 6.07 Å². The van der Waals surface area contributed by atoms with Crippen LogP contribution in [0.3, 0.4) is 0 Å². The monoisotopic (exact) mass is 355 g/mol. The molecule has 3 unspecified atom stereocenters. The Kier molecular flexibility index (Phi) is 6.21. The largest absolute Gasteiger partial charge is 0.354 e. The highest BCUT2D eigenvalue weighted by molar-refractivity contribution is 7.90. The first-order valence-electron chi connectivity index (χ1n) is 8.29. The van der Waals surface area contributed by atoms with Crippen LogP contribution in [0.15, 0.2) is 29.3 Å². The van der Waals surface area contributed by atoms with Gasteiger partial charge in [0.2, 0.25) is 0 Å². The van der Waals surface area contributed by atoms with Crippen molar-refractivity contribution in [1.29, 1.82) is 0 Å². The number of aliphatic imine (C=N–C) groups is 1. The van der Waals surface area contributed by atoms with Gasteiger partial charge in [-0.2, -0.15) is 0 Å². The molecule has 0 amide bonds. The van der Waals surface area contributed by atoms with Crippen LogP contribution in [0.5, 0.6) is 0 Å². The maximum Gasteiger partial charge on any atom is 0.191 e. The molecule has 1 saturated carbocycles. The van der Waals surface area contributed by atoms with Crippen molar-refractivity contribution in [1.82, 2.24) is 10.6 Å². The molecule has 2 N–H and O–H groups in total. The number of hydrogen-bond acceptors (Lipinski definition) is 3. The Morgan fingerprint density at radius 1 is 1.42 bits per heavy atom. The van der Waals surface area contributed by atoms with E-state index in [-0.39, 0.29) is 29.6 Å². The van der Waals surface area contributed by atoms with E-state index >= 15 is 0 Å². The van der Waals surface area contributed by atoms with Crippen molar-refractivity contribution >= 4 is 15.8 Å². The van der Waals surface area contributed by atoms with Crippen molar-refractivity contribution in [3.63, 3.8) is 0 Å². The van der Waals surface area contributed by atoms with E-state index in [0.717, 1.165) is 12.0 Å². The summed E-state index contributed by atoms with van der Waals surface area (Å²) in [4.78, 5) is 4.39. The Balaban J connectivity index is 1.89. The molecule has 24 heavy (non-hydrogen) atoms. The van der Waals surface area contributed by atoms with Crippen LogP contribution in [0.4, 0.5) is 4.39 Å². The quantitative estimate of drug-likeness (QED) is 0.580. The molecule has 0 spiro atoms. The molecule has 7 heteroatoms. The molecule has 0 radical (unpaired) electrons. The second-order valence-corrected chi connectivity index (χ2v) is 8.66. The van der Waals surface area contributed by atoms with Crippen LogP contribution in [-0.4, -0.2) is 45.0 Å². The zero-order valence-corrected chi connectivity index (χ0v) is 15.2. The van der Waals surface area contributed by atoms with E-state index in [4.69, 9.17) is 0 Å². The molecule has 1 aliphatic carbocycles. The summed E-state index contributed by atoms with van der Waals surface area (Å²) in [6.45, 7) is 4.48. The Hall–Kier alpha value is -1.63. The average Bonchev–Trinajstić information content (AvgIpc) is 3.24. The van der Waals surface area contributed by atoms with Gasteiger partial charge in [0.05, 0.1) is 5.75 Å². The van der Waals surface area contributed by atoms with Gasteiger partial charge < -0.3 is 10.6 Å². The van der Waals surface area contributed by atoms with Crippen molar-refractivity contribution in [3.05, 3.63) is 35.6 Å². The van der Waals surface area contributed by atoms with Crippen molar-refractivity contribution < 1.29 is 12.8 Å². The zero-order valence-electron chi connectivity index (χ0n) is 14.4. The van der Waals surface area contributed by atoms with Gasteiger partial charge in [-0.05, 0) is 38.3 Å². The Morgan fingerprint density at radius 2 is 2.12 bits per heavy atom. The minimum Gasteiger partial charge on any atom is -0.354 e. The van der Waals surface area contributed by atoms with E-state index in [1.807, 2.05) is 26.0 Å². The number of nitrogens with one attached hydrogen (secondary N) is 2. The number of benzene rings is 1. The van der Waals surface area contributed by atoms with Crippen LogP contribution in [0.25, 0.3) is 0 Å². The molecule has 1 aromatic rings. The van der Waals surface area contributed by atoms with Crippen molar-refractivity contribution in [2.75, 3.05) is 18.6 Å². The highest BCUT2D eigenvalue weighted by Gasteiger charge is 2.40. The molecule has 0 heterocycles. The molecule has 0 saturated heterocycles. The van der Waals surface area contributed by atoms with Crippen LogP contribution in [0.2, 0.25) is 0 Å². The van der Waals surface area contributed by atoms with Gasteiger partial charge in [0, 0.05) is 30.8 Å². The van der Waals surface area contributed by atoms with Gasteiger partial charge in [-0.1, -0.05) is 18.2 Å². The topological polar surface area (TPSA) is 70.6 Å². The summed E-state index contributed by atoms with van der Waals surface area (Å²) in [5, 5.41) is 6.55. The molecular formula is C17H26FN3O2S.